The maximum absolute atomic E-state index is 13.5. The monoisotopic (exact) mass is 310 g/mol. The Balaban J connectivity index is 0.00000324. The molecule has 0 heterocycles. The average molecular weight is 311 g/mol. The number of sulfonamides is 1. The highest BCUT2D eigenvalue weighted by molar-refractivity contribution is 7.89. The number of nitrogens with two attached hydrogens (primary N) is 1. The van der Waals surface area contributed by atoms with Crippen molar-refractivity contribution in [3.63, 3.8) is 0 Å². The number of rotatable bonds is 4. The summed E-state index contributed by atoms with van der Waals surface area (Å²) in [6.45, 7) is 6.62. The van der Waals surface area contributed by atoms with E-state index in [0.717, 1.165) is 0 Å². The Morgan fingerprint density at radius 3 is 2.05 bits per heavy atom. The van der Waals surface area contributed by atoms with Crippen LogP contribution in [-0.4, -0.2) is 20.5 Å². The molecule has 0 amide bonds. The zero-order valence-electron chi connectivity index (χ0n) is 11.5. The average Bonchev–Trinajstić information content (AvgIpc) is 2.23. The van der Waals surface area contributed by atoms with Crippen LogP contribution in [0.2, 0.25) is 0 Å². The van der Waals surface area contributed by atoms with Gasteiger partial charge in [-0.05, 0) is 51.0 Å². The lowest BCUT2D eigenvalue weighted by Crippen LogP contribution is -2.48. The molecule has 0 aliphatic heterocycles. The van der Waals surface area contributed by atoms with Gasteiger partial charge in [-0.25, -0.2) is 17.5 Å². The molecule has 7 heteroatoms. The second-order valence-electron chi connectivity index (χ2n) is 5.06. The zero-order valence-corrected chi connectivity index (χ0v) is 13.1. The Morgan fingerprint density at radius 2 is 1.68 bits per heavy atom. The quantitative estimate of drug-likeness (QED) is 0.892. The Labute approximate surface area is 120 Å². The van der Waals surface area contributed by atoms with E-state index >= 15 is 0 Å². The van der Waals surface area contributed by atoms with Crippen molar-refractivity contribution in [2.24, 2.45) is 5.73 Å². The molecule has 1 aromatic rings. The molecule has 0 aliphatic rings. The third-order valence-corrected chi connectivity index (χ3v) is 4.32. The molecule has 0 atom stereocenters. The molecule has 19 heavy (non-hydrogen) atoms. The number of halogens is 2. The van der Waals surface area contributed by atoms with Crippen molar-refractivity contribution < 1.29 is 12.8 Å². The van der Waals surface area contributed by atoms with E-state index in [0.29, 0.717) is 11.1 Å². The molecular weight excluding hydrogens is 291 g/mol. The van der Waals surface area contributed by atoms with E-state index in [1.165, 1.54) is 26.0 Å². The highest BCUT2D eigenvalue weighted by atomic mass is 35.5. The Bertz CT molecular complexity index is 536. The van der Waals surface area contributed by atoms with E-state index in [1.54, 1.807) is 13.8 Å². The van der Waals surface area contributed by atoms with Crippen molar-refractivity contribution in [2.75, 3.05) is 6.54 Å². The summed E-state index contributed by atoms with van der Waals surface area (Å²) in [4.78, 5) is 0.0559. The van der Waals surface area contributed by atoms with E-state index in [9.17, 15) is 12.8 Å². The number of hydrogen-bond donors (Lipinski definition) is 2. The van der Waals surface area contributed by atoms with Gasteiger partial charge in [0.15, 0.2) is 0 Å². The topological polar surface area (TPSA) is 72.2 Å². The van der Waals surface area contributed by atoms with E-state index in [1.807, 2.05) is 0 Å². The van der Waals surface area contributed by atoms with Crippen molar-refractivity contribution >= 4 is 22.4 Å². The number of nitrogens with one attached hydrogen (secondary N) is 1. The highest BCUT2D eigenvalue weighted by Gasteiger charge is 2.25. The number of benzene rings is 1. The minimum atomic E-state index is -3.69. The van der Waals surface area contributed by atoms with Crippen LogP contribution in [0.3, 0.4) is 0 Å². The molecule has 0 unspecified atom stereocenters. The molecule has 4 nitrogen and oxygen atoms in total. The van der Waals surface area contributed by atoms with Crippen molar-refractivity contribution in [3.05, 3.63) is 29.1 Å². The summed E-state index contributed by atoms with van der Waals surface area (Å²) in [6, 6.07) is 2.63. The Morgan fingerprint density at radius 1 is 1.26 bits per heavy atom. The van der Waals surface area contributed by atoms with Gasteiger partial charge in [0.1, 0.15) is 5.82 Å². The fraction of sp³-hybridized carbons (Fsp3) is 0.500. The van der Waals surface area contributed by atoms with Crippen molar-refractivity contribution in [1.82, 2.24) is 4.72 Å². The smallest absolute Gasteiger partial charge is 0.241 e. The van der Waals surface area contributed by atoms with Crippen LogP contribution in [0.1, 0.15) is 25.0 Å². The fourth-order valence-corrected chi connectivity index (χ4v) is 3.12. The third-order valence-electron chi connectivity index (χ3n) is 2.64. The molecular formula is C12H20ClFN2O2S. The normalized spacial score (nSPS) is 12.1. The molecule has 110 valence electrons. The highest BCUT2D eigenvalue weighted by Crippen LogP contribution is 2.19. The van der Waals surface area contributed by atoms with Crippen LogP contribution < -0.4 is 10.5 Å². The first-order valence-corrected chi connectivity index (χ1v) is 7.08. The summed E-state index contributed by atoms with van der Waals surface area (Å²) < 4.78 is 40.2. The van der Waals surface area contributed by atoms with Crippen LogP contribution >= 0.6 is 12.4 Å². The van der Waals surface area contributed by atoms with E-state index in [4.69, 9.17) is 5.73 Å². The lowest BCUT2D eigenvalue weighted by atomic mass is 10.1. The minimum absolute atomic E-state index is 0. The largest absolute Gasteiger partial charge is 0.329 e. The number of aryl methyl sites for hydroxylation is 2. The fourth-order valence-electron chi connectivity index (χ4n) is 1.53. The summed E-state index contributed by atoms with van der Waals surface area (Å²) in [6.07, 6.45) is 0. The van der Waals surface area contributed by atoms with Gasteiger partial charge in [-0.3, -0.25) is 0 Å². The summed E-state index contributed by atoms with van der Waals surface area (Å²) in [5.74, 6) is -0.382. The minimum Gasteiger partial charge on any atom is -0.329 e. The zero-order chi connectivity index (χ0) is 14.1. The first-order chi connectivity index (χ1) is 8.09. The molecule has 0 saturated carbocycles. The van der Waals surface area contributed by atoms with E-state index in [2.05, 4.69) is 4.72 Å². The Kier molecular flexibility index (Phi) is 5.95. The van der Waals surface area contributed by atoms with Gasteiger partial charge in [-0.1, -0.05) is 0 Å². The number of hydrogen-bond acceptors (Lipinski definition) is 3. The molecule has 0 fully saturated rings. The summed E-state index contributed by atoms with van der Waals surface area (Å²) in [5.41, 5.74) is 5.36. The molecule has 0 aliphatic carbocycles. The SMILES string of the molecule is Cc1cc(S(=O)(=O)NC(C)(C)CN)cc(C)c1F.Cl. The predicted octanol–water partition coefficient (Wildman–Crippen LogP) is 1.88. The maximum atomic E-state index is 13.5. The van der Waals surface area contributed by atoms with Crippen LogP contribution in [0, 0.1) is 19.7 Å². The molecule has 1 rings (SSSR count). The second-order valence-corrected chi connectivity index (χ2v) is 6.75. The predicted molar refractivity (Wildman–Crippen MR) is 76.6 cm³/mol. The lowest BCUT2D eigenvalue weighted by Gasteiger charge is -2.24. The molecule has 0 radical (unpaired) electrons. The maximum Gasteiger partial charge on any atom is 0.241 e. The first-order valence-electron chi connectivity index (χ1n) is 5.60. The van der Waals surface area contributed by atoms with Crippen molar-refractivity contribution in [1.29, 1.82) is 0 Å². The first kappa shape index (κ1) is 18.3. The van der Waals surface area contributed by atoms with Gasteiger partial charge in [-0.2, -0.15) is 0 Å². The summed E-state index contributed by atoms with van der Waals surface area (Å²) in [5, 5.41) is 0. The molecule has 0 spiro atoms. The van der Waals surface area contributed by atoms with Gasteiger partial charge in [0, 0.05) is 12.1 Å². The molecule has 1 aromatic carbocycles. The van der Waals surface area contributed by atoms with Crippen LogP contribution in [0.5, 0.6) is 0 Å². The summed E-state index contributed by atoms with van der Waals surface area (Å²) >= 11 is 0. The van der Waals surface area contributed by atoms with Crippen LogP contribution in [0.15, 0.2) is 17.0 Å². The van der Waals surface area contributed by atoms with Crippen LogP contribution in [0.25, 0.3) is 0 Å². The van der Waals surface area contributed by atoms with Gasteiger partial charge in [0.25, 0.3) is 0 Å². The molecule has 0 aromatic heterocycles. The van der Waals surface area contributed by atoms with Gasteiger partial charge in [0.05, 0.1) is 4.90 Å². The van der Waals surface area contributed by atoms with Gasteiger partial charge in [-0.15, -0.1) is 12.4 Å². The Hall–Kier alpha value is -0.690. The van der Waals surface area contributed by atoms with Crippen molar-refractivity contribution in [2.45, 2.75) is 38.1 Å². The molecule has 3 N–H and O–H groups in total. The lowest BCUT2D eigenvalue weighted by molar-refractivity contribution is 0.462. The van der Waals surface area contributed by atoms with Crippen LogP contribution in [0.4, 0.5) is 4.39 Å². The van der Waals surface area contributed by atoms with Gasteiger partial charge in [0.2, 0.25) is 10.0 Å². The molecule has 0 bridgehead atoms. The molecule has 0 saturated heterocycles. The van der Waals surface area contributed by atoms with E-state index < -0.39 is 15.6 Å². The van der Waals surface area contributed by atoms with Crippen LogP contribution in [-0.2, 0) is 10.0 Å². The van der Waals surface area contributed by atoms with E-state index in [-0.39, 0.29) is 29.7 Å². The third kappa shape index (κ3) is 4.42. The standard InChI is InChI=1S/C12H19FN2O2S.ClH/c1-8-5-10(6-9(2)11(8)13)18(16,17)15-12(3,4)7-14;/h5-6,15H,7,14H2,1-4H3;1H. The van der Waals surface area contributed by atoms with Gasteiger partial charge >= 0.3 is 0 Å². The summed E-state index contributed by atoms with van der Waals surface area (Å²) in [7, 11) is -3.69. The second kappa shape index (κ2) is 6.17. The van der Waals surface area contributed by atoms with Gasteiger partial charge < -0.3 is 5.73 Å². The van der Waals surface area contributed by atoms with Crippen molar-refractivity contribution in [3.8, 4) is 0 Å².